The Kier molecular flexibility index (Phi) is 15.4. The number of alkyl carbamates (subject to hydrolysis) is 1. The molecule has 5 aliphatic rings. The van der Waals surface area contributed by atoms with E-state index in [2.05, 4.69) is 10.2 Å². The van der Waals surface area contributed by atoms with Crippen molar-refractivity contribution < 1.29 is 72.5 Å². The summed E-state index contributed by atoms with van der Waals surface area (Å²) in [6.07, 6.45) is -6.97. The fraction of sp³-hybridized carbons (Fsp3) is 0.623. The van der Waals surface area contributed by atoms with E-state index >= 15 is 9.59 Å². The van der Waals surface area contributed by atoms with Gasteiger partial charge in [-0.25, -0.2) is 14.4 Å². The van der Waals surface area contributed by atoms with Crippen molar-refractivity contribution in [2.24, 2.45) is 16.7 Å². The average molecular weight is 975 g/mol. The van der Waals surface area contributed by atoms with Crippen LogP contribution in [0.3, 0.4) is 0 Å². The maximum atomic E-state index is 15.2. The molecular weight excluding hydrogens is 905 g/mol. The molecule has 0 aromatic heterocycles. The van der Waals surface area contributed by atoms with Gasteiger partial charge in [0.1, 0.15) is 41.7 Å². The largest absolute Gasteiger partial charge is 0.455 e. The lowest BCUT2D eigenvalue weighted by Crippen LogP contribution is -2.81. The van der Waals surface area contributed by atoms with E-state index < -0.39 is 118 Å². The molecule has 0 radical (unpaired) electrons. The first-order chi connectivity index (χ1) is 32.9. The van der Waals surface area contributed by atoms with Gasteiger partial charge in [0.05, 0.1) is 29.6 Å². The minimum Gasteiger partial charge on any atom is -0.455 e. The molecule has 2 saturated carbocycles. The predicted molar refractivity (Wildman–Crippen MR) is 252 cm³/mol. The Morgan fingerprint density at radius 3 is 2.16 bits per heavy atom. The SMILES string of the molecule is CC(=O)O[C@@]12CO[C@@H]1C[C@H](O)[C@@]1(C)C(=O)[C@H](O)C3=C(C)[C@@H](OC(=O)C(OC(=O)CCCCN4CCCCC4)[C@@H](NC(=O)OC(C)(C)C)c4ccccc4)C[C@@](O)([C@@H](OC(=O)c4ccccc4)C12)C3(C)C. The number of ether oxygens (including phenoxy) is 6. The van der Waals surface area contributed by atoms with E-state index in [4.69, 9.17) is 28.4 Å². The Morgan fingerprint density at radius 1 is 0.914 bits per heavy atom. The Hall–Kier alpha value is -5.20. The van der Waals surface area contributed by atoms with Gasteiger partial charge in [-0.15, -0.1) is 0 Å². The van der Waals surface area contributed by atoms with Crippen LogP contribution < -0.4 is 5.32 Å². The standard InChI is InChI=1S/C53H70N2O15/c1-31-35(66-47(62)42(67-38(58)24-16-19-27-55-25-17-11-18-26-55)40(33-20-12-9-13-21-33)54-48(63)70-49(3,4)5)29-53(64)45(68-46(61)34-22-14-10-15-23-34)43-51(8,44(60)41(59)39(31)50(53,6)7)36(57)28-37-52(43,30-65-37)69-32(2)56/h9-10,12-15,20-23,35-37,40-43,45,57,59,64H,11,16-19,24-30H2,1-8H3,(H,54,63)/t35-,36-,37+,40-,41+,42?,43?,45-,51+,52-,53+/m0/s1. The first-order valence-corrected chi connectivity index (χ1v) is 24.5. The molecule has 2 aromatic carbocycles. The summed E-state index contributed by atoms with van der Waals surface area (Å²) in [6.45, 7) is 14.7. The van der Waals surface area contributed by atoms with Crippen molar-refractivity contribution in [2.75, 3.05) is 26.2 Å². The summed E-state index contributed by atoms with van der Waals surface area (Å²) in [5.74, 6) is -6.07. The van der Waals surface area contributed by atoms with Gasteiger partial charge in [0.25, 0.3) is 0 Å². The molecule has 2 aliphatic heterocycles. The zero-order valence-electron chi connectivity index (χ0n) is 41.6. The zero-order valence-corrected chi connectivity index (χ0v) is 41.6. The van der Waals surface area contributed by atoms with E-state index in [1.165, 1.54) is 32.4 Å². The number of hydrogen-bond donors (Lipinski definition) is 4. The number of carbonyl (C=O) groups excluding carboxylic acids is 6. The predicted octanol–water partition coefficient (Wildman–Crippen LogP) is 5.47. The number of hydrogen-bond acceptors (Lipinski definition) is 16. The maximum Gasteiger partial charge on any atom is 0.408 e. The number of amides is 1. The lowest BCUT2D eigenvalue weighted by atomic mass is 9.44. The van der Waals surface area contributed by atoms with Crippen LogP contribution in [0.2, 0.25) is 0 Å². The van der Waals surface area contributed by atoms with Gasteiger partial charge in [0.15, 0.2) is 11.4 Å². The van der Waals surface area contributed by atoms with Crippen LogP contribution in [0, 0.1) is 16.7 Å². The molecular formula is C53H70N2O15. The molecule has 70 heavy (non-hydrogen) atoms. The number of rotatable bonds is 14. The smallest absolute Gasteiger partial charge is 0.408 e. The van der Waals surface area contributed by atoms with Gasteiger partial charge >= 0.3 is 30.0 Å². The molecule has 17 nitrogen and oxygen atoms in total. The molecule has 0 spiro atoms. The summed E-state index contributed by atoms with van der Waals surface area (Å²) >= 11 is 0. The van der Waals surface area contributed by atoms with Crippen LogP contribution in [0.15, 0.2) is 71.8 Å². The second-order valence-corrected chi connectivity index (χ2v) is 21.4. The summed E-state index contributed by atoms with van der Waals surface area (Å²) in [4.78, 5) is 87.5. The number of ketones is 1. The number of likely N-dealkylation sites (tertiary alicyclic amines) is 1. The van der Waals surface area contributed by atoms with E-state index in [9.17, 15) is 34.5 Å². The molecule has 2 heterocycles. The highest BCUT2D eigenvalue weighted by Gasteiger charge is 2.78. The van der Waals surface area contributed by atoms with Gasteiger partial charge in [-0.1, -0.05) is 68.8 Å². The van der Waals surface area contributed by atoms with Crippen LogP contribution in [-0.2, 0) is 47.6 Å². The van der Waals surface area contributed by atoms with E-state index in [0.29, 0.717) is 18.4 Å². The number of carbonyl (C=O) groups is 6. The molecule has 2 bridgehead atoms. The molecule has 2 unspecified atom stereocenters. The highest BCUT2D eigenvalue weighted by atomic mass is 16.6. The summed E-state index contributed by atoms with van der Waals surface area (Å²) in [5.41, 5.74) is -8.32. The maximum absolute atomic E-state index is 15.2. The fourth-order valence-electron chi connectivity index (χ4n) is 11.7. The van der Waals surface area contributed by atoms with E-state index in [1.807, 2.05) is 0 Å². The molecule has 11 atom stereocenters. The summed E-state index contributed by atoms with van der Waals surface area (Å²) in [7, 11) is 0. The van der Waals surface area contributed by atoms with Gasteiger partial charge in [0, 0.05) is 31.6 Å². The second-order valence-electron chi connectivity index (χ2n) is 21.4. The molecule has 4 N–H and O–H groups in total. The first-order valence-electron chi connectivity index (χ1n) is 24.5. The summed E-state index contributed by atoms with van der Waals surface area (Å²) in [5, 5.41) is 41.0. The third kappa shape index (κ3) is 10.1. The molecule has 17 heteroatoms. The van der Waals surface area contributed by atoms with Gasteiger partial charge < -0.3 is 54.0 Å². The number of fused-ring (bicyclic) bond motifs is 5. The molecule has 2 aromatic rings. The first kappa shape index (κ1) is 52.6. The van der Waals surface area contributed by atoms with Gasteiger partial charge in [-0.05, 0) is 109 Å². The van der Waals surface area contributed by atoms with Crippen molar-refractivity contribution >= 4 is 35.8 Å². The summed E-state index contributed by atoms with van der Waals surface area (Å²) < 4.78 is 36.4. The van der Waals surface area contributed by atoms with Crippen LogP contribution >= 0.6 is 0 Å². The highest BCUT2D eigenvalue weighted by molar-refractivity contribution is 5.94. The number of Topliss-reactive ketones (excluding diaryl/α,β-unsaturated/α-hetero) is 1. The minimum atomic E-state index is -2.40. The average Bonchev–Trinajstić information content (AvgIpc) is 3.30. The third-order valence-electron chi connectivity index (χ3n) is 15.4. The Balaban J connectivity index is 1.32. The molecule has 382 valence electrons. The van der Waals surface area contributed by atoms with Crippen molar-refractivity contribution in [1.29, 1.82) is 0 Å². The zero-order chi connectivity index (χ0) is 51.0. The second kappa shape index (κ2) is 20.5. The molecule has 3 aliphatic carbocycles. The monoisotopic (exact) mass is 974 g/mol. The number of aliphatic hydroxyl groups excluding tert-OH is 2. The Labute approximate surface area is 409 Å². The van der Waals surface area contributed by atoms with Gasteiger partial charge in [-0.3, -0.25) is 14.4 Å². The van der Waals surface area contributed by atoms with Crippen molar-refractivity contribution in [3.05, 3.63) is 82.9 Å². The molecule has 4 fully saturated rings. The van der Waals surface area contributed by atoms with E-state index in [-0.39, 0.29) is 36.2 Å². The van der Waals surface area contributed by atoms with Crippen LogP contribution in [0.5, 0.6) is 0 Å². The lowest BCUT2D eigenvalue weighted by Gasteiger charge is -2.67. The molecule has 2 saturated heterocycles. The van der Waals surface area contributed by atoms with E-state index in [0.717, 1.165) is 39.4 Å². The van der Waals surface area contributed by atoms with Gasteiger partial charge in [0.2, 0.25) is 6.10 Å². The van der Waals surface area contributed by atoms with Gasteiger partial charge in [-0.2, -0.15) is 0 Å². The number of aliphatic hydroxyl groups is 3. The Morgan fingerprint density at radius 2 is 1.56 bits per heavy atom. The number of benzene rings is 2. The molecule has 7 rings (SSSR count). The number of piperidine rings is 1. The van der Waals surface area contributed by atoms with Crippen LogP contribution in [0.1, 0.15) is 129 Å². The van der Waals surface area contributed by atoms with Crippen LogP contribution in [0.4, 0.5) is 4.79 Å². The number of nitrogens with one attached hydrogen (secondary N) is 1. The quantitative estimate of drug-likeness (QED) is 0.0796. The normalized spacial score (nSPS) is 31.4. The van der Waals surface area contributed by atoms with Crippen molar-refractivity contribution in [2.45, 2.75) is 166 Å². The van der Waals surface area contributed by atoms with Crippen molar-refractivity contribution in [3.63, 3.8) is 0 Å². The number of nitrogens with zero attached hydrogens (tertiary/aromatic N) is 1. The highest BCUT2D eigenvalue weighted by Crippen LogP contribution is 2.64. The summed E-state index contributed by atoms with van der Waals surface area (Å²) in [6, 6.07) is 14.9. The topological polar surface area (TPSA) is 234 Å². The molecule has 1 amide bonds. The van der Waals surface area contributed by atoms with Crippen molar-refractivity contribution in [1.82, 2.24) is 10.2 Å². The van der Waals surface area contributed by atoms with Crippen LogP contribution in [0.25, 0.3) is 0 Å². The lowest BCUT2D eigenvalue weighted by molar-refractivity contribution is -0.346. The minimum absolute atomic E-state index is 0.0599. The number of esters is 4. The fourth-order valence-corrected chi connectivity index (χ4v) is 11.7. The Bertz CT molecular complexity index is 2310. The van der Waals surface area contributed by atoms with Crippen LogP contribution in [-0.4, -0.2) is 136 Å². The third-order valence-corrected chi connectivity index (χ3v) is 15.4. The number of unbranched alkanes of at least 4 members (excludes halogenated alkanes) is 1. The van der Waals surface area contributed by atoms with Crippen molar-refractivity contribution in [3.8, 4) is 0 Å². The van der Waals surface area contributed by atoms with E-state index in [1.54, 1.807) is 83.1 Å².